The van der Waals surface area contributed by atoms with Gasteiger partial charge in [-0.2, -0.15) is 0 Å². The number of fused-ring (bicyclic) bond motifs is 3. The quantitative estimate of drug-likeness (QED) is 0.668. The monoisotopic (exact) mass is 294 g/mol. The van der Waals surface area contributed by atoms with Crippen molar-refractivity contribution in [2.24, 2.45) is 5.41 Å². The number of rotatable bonds is 3. The Kier molecular flexibility index (Phi) is 3.56. The van der Waals surface area contributed by atoms with E-state index >= 15 is 0 Å². The van der Waals surface area contributed by atoms with Gasteiger partial charge in [-0.05, 0) is 30.8 Å². The highest BCUT2D eigenvalue weighted by molar-refractivity contribution is 6.51. The third kappa shape index (κ3) is 2.54. The molecule has 1 aromatic heterocycles. The number of benzene rings is 2. The molecule has 0 atom stereocenters. The minimum atomic E-state index is -0.207. The van der Waals surface area contributed by atoms with Crippen LogP contribution in [-0.2, 0) is 4.65 Å². The van der Waals surface area contributed by atoms with Gasteiger partial charge in [-0.25, -0.2) is 0 Å². The van der Waals surface area contributed by atoms with Crippen molar-refractivity contribution in [2.45, 2.75) is 40.2 Å². The predicted molar refractivity (Wildman–Crippen MR) is 95.1 cm³/mol. The first kappa shape index (κ1) is 15.2. The zero-order chi connectivity index (χ0) is 16.0. The zero-order valence-corrected chi connectivity index (χ0v) is 14.1. The Morgan fingerprint density at radius 2 is 1.55 bits per heavy atom. The lowest BCUT2D eigenvalue weighted by Gasteiger charge is -2.39. The molecule has 0 saturated carbocycles. The Morgan fingerprint density at radius 3 is 2.27 bits per heavy atom. The Labute approximate surface area is 132 Å². The van der Waals surface area contributed by atoms with E-state index in [0.717, 1.165) is 27.4 Å². The van der Waals surface area contributed by atoms with Crippen molar-refractivity contribution in [2.75, 3.05) is 0 Å². The molecule has 0 amide bonds. The molecule has 0 aliphatic carbocycles. The summed E-state index contributed by atoms with van der Waals surface area (Å²) in [5.41, 5.74) is 2.84. The van der Waals surface area contributed by atoms with Crippen LogP contribution in [0, 0.1) is 5.41 Å². The van der Waals surface area contributed by atoms with Gasteiger partial charge in [0, 0.05) is 10.8 Å². The summed E-state index contributed by atoms with van der Waals surface area (Å²) >= 11 is 0. The van der Waals surface area contributed by atoms with Crippen LogP contribution in [-0.4, -0.2) is 13.1 Å². The molecule has 22 heavy (non-hydrogen) atoms. The molecule has 0 fully saturated rings. The molecular formula is C19H23BO2. The van der Waals surface area contributed by atoms with Crippen LogP contribution in [0.25, 0.3) is 21.9 Å². The molecule has 3 rings (SSSR count). The standard InChI is InChI=1S/C19H23BO2/c1-18(2,3)19(4,5)22-20-15-11-8-10-14-13-9-6-7-12-16(13)21-17(14)15/h6-12,20H,1-5H3. The van der Waals surface area contributed by atoms with Crippen LogP contribution in [0.5, 0.6) is 0 Å². The minimum absolute atomic E-state index is 0.0781. The van der Waals surface area contributed by atoms with E-state index in [2.05, 4.69) is 58.9 Å². The second kappa shape index (κ2) is 5.17. The minimum Gasteiger partial charge on any atom is -0.457 e. The molecule has 3 aromatic rings. The van der Waals surface area contributed by atoms with Gasteiger partial charge in [0.2, 0.25) is 0 Å². The summed E-state index contributed by atoms with van der Waals surface area (Å²) in [7, 11) is 0.557. The topological polar surface area (TPSA) is 22.4 Å². The predicted octanol–water partition coefficient (Wildman–Crippen LogP) is 4.40. The Bertz CT molecular complexity index is 809. The Hall–Kier alpha value is -1.74. The van der Waals surface area contributed by atoms with E-state index in [1.165, 1.54) is 0 Å². The van der Waals surface area contributed by atoms with Gasteiger partial charge in [-0.15, -0.1) is 0 Å². The van der Waals surface area contributed by atoms with E-state index in [1.54, 1.807) is 0 Å². The van der Waals surface area contributed by atoms with Crippen LogP contribution >= 0.6 is 0 Å². The molecule has 0 spiro atoms. The van der Waals surface area contributed by atoms with E-state index in [4.69, 9.17) is 9.07 Å². The van der Waals surface area contributed by atoms with Gasteiger partial charge in [0.15, 0.2) is 0 Å². The molecule has 2 aromatic carbocycles. The first-order valence-electron chi connectivity index (χ1n) is 7.83. The fraction of sp³-hybridized carbons (Fsp3) is 0.368. The molecule has 0 radical (unpaired) electrons. The summed E-state index contributed by atoms with van der Waals surface area (Å²) in [4.78, 5) is 0. The first-order valence-corrected chi connectivity index (χ1v) is 7.83. The largest absolute Gasteiger partial charge is 0.457 e. The highest BCUT2D eigenvalue weighted by Gasteiger charge is 2.33. The second-order valence-corrected chi connectivity index (χ2v) is 7.44. The summed E-state index contributed by atoms with van der Waals surface area (Å²) in [6.07, 6.45) is 0. The lowest BCUT2D eigenvalue weighted by molar-refractivity contribution is 0.00506. The molecule has 0 saturated heterocycles. The lowest BCUT2D eigenvalue weighted by atomic mass is 9.76. The summed E-state index contributed by atoms with van der Waals surface area (Å²) in [6.45, 7) is 10.9. The summed E-state index contributed by atoms with van der Waals surface area (Å²) < 4.78 is 12.3. The van der Waals surface area contributed by atoms with E-state index < -0.39 is 0 Å². The molecule has 0 N–H and O–H groups in total. The van der Waals surface area contributed by atoms with Gasteiger partial charge in [0.05, 0.1) is 5.60 Å². The van der Waals surface area contributed by atoms with Gasteiger partial charge in [-0.1, -0.05) is 57.2 Å². The van der Waals surface area contributed by atoms with Crippen molar-refractivity contribution in [3.63, 3.8) is 0 Å². The van der Waals surface area contributed by atoms with Crippen molar-refractivity contribution in [3.8, 4) is 0 Å². The number of hydrogen-bond acceptors (Lipinski definition) is 2. The highest BCUT2D eigenvalue weighted by atomic mass is 16.5. The molecule has 0 unspecified atom stereocenters. The smallest absolute Gasteiger partial charge is 0.313 e. The van der Waals surface area contributed by atoms with Gasteiger partial charge >= 0.3 is 7.48 Å². The second-order valence-electron chi connectivity index (χ2n) is 7.44. The van der Waals surface area contributed by atoms with E-state index in [1.807, 2.05) is 18.2 Å². The average molecular weight is 294 g/mol. The van der Waals surface area contributed by atoms with Gasteiger partial charge in [0.25, 0.3) is 0 Å². The number of furan rings is 1. The van der Waals surface area contributed by atoms with Crippen LogP contribution in [0.3, 0.4) is 0 Å². The van der Waals surface area contributed by atoms with Crippen molar-refractivity contribution in [1.82, 2.24) is 0 Å². The molecule has 0 bridgehead atoms. The van der Waals surface area contributed by atoms with Crippen molar-refractivity contribution in [1.29, 1.82) is 0 Å². The summed E-state index contributed by atoms with van der Waals surface area (Å²) in [5.74, 6) is 0. The first-order chi connectivity index (χ1) is 10.3. The van der Waals surface area contributed by atoms with Crippen molar-refractivity contribution >= 4 is 34.9 Å². The van der Waals surface area contributed by atoms with E-state index in [9.17, 15) is 0 Å². The SMILES string of the molecule is CC(C)(C)C(C)(C)OBc1cccc2c1oc1ccccc12. The third-order valence-electron chi connectivity index (χ3n) is 4.88. The maximum Gasteiger partial charge on any atom is 0.313 e. The Morgan fingerprint density at radius 1 is 0.864 bits per heavy atom. The van der Waals surface area contributed by atoms with Crippen LogP contribution in [0.2, 0.25) is 0 Å². The number of para-hydroxylation sites is 2. The summed E-state index contributed by atoms with van der Waals surface area (Å²) in [5, 5.41) is 2.32. The van der Waals surface area contributed by atoms with Gasteiger partial charge < -0.3 is 9.07 Å². The van der Waals surface area contributed by atoms with Gasteiger partial charge in [0.1, 0.15) is 11.2 Å². The van der Waals surface area contributed by atoms with Crippen LogP contribution in [0.15, 0.2) is 46.9 Å². The fourth-order valence-corrected chi connectivity index (χ4v) is 2.39. The lowest BCUT2D eigenvalue weighted by Crippen LogP contribution is -2.42. The molecule has 114 valence electrons. The van der Waals surface area contributed by atoms with Crippen molar-refractivity contribution < 1.29 is 9.07 Å². The normalized spacial score (nSPS) is 13.0. The molecule has 3 heteroatoms. The molecule has 0 aliphatic heterocycles. The molecule has 0 aliphatic rings. The van der Waals surface area contributed by atoms with E-state index in [0.29, 0.717) is 7.48 Å². The maximum absolute atomic E-state index is 6.22. The molecular weight excluding hydrogens is 271 g/mol. The zero-order valence-electron chi connectivity index (χ0n) is 14.1. The highest BCUT2D eigenvalue weighted by Crippen LogP contribution is 2.33. The van der Waals surface area contributed by atoms with Crippen LogP contribution in [0.4, 0.5) is 0 Å². The summed E-state index contributed by atoms with van der Waals surface area (Å²) in [6, 6.07) is 14.4. The fourth-order valence-electron chi connectivity index (χ4n) is 2.39. The van der Waals surface area contributed by atoms with Crippen molar-refractivity contribution in [3.05, 3.63) is 42.5 Å². The molecule has 1 heterocycles. The van der Waals surface area contributed by atoms with Crippen LogP contribution in [0.1, 0.15) is 34.6 Å². The third-order valence-corrected chi connectivity index (χ3v) is 4.88. The molecule has 2 nitrogen and oxygen atoms in total. The van der Waals surface area contributed by atoms with Crippen LogP contribution < -0.4 is 5.46 Å². The Balaban J connectivity index is 1.98. The van der Waals surface area contributed by atoms with E-state index in [-0.39, 0.29) is 11.0 Å². The number of hydrogen-bond donors (Lipinski definition) is 0. The maximum atomic E-state index is 6.22. The average Bonchev–Trinajstić information content (AvgIpc) is 2.83. The van der Waals surface area contributed by atoms with Gasteiger partial charge in [-0.3, -0.25) is 0 Å².